The minimum Gasteiger partial charge on any atom is -0.353 e. The van der Waals surface area contributed by atoms with Crippen molar-refractivity contribution in [2.24, 2.45) is 11.8 Å². The number of likely N-dealkylation sites (tertiary alicyclic amines) is 1. The van der Waals surface area contributed by atoms with Gasteiger partial charge in [-0.1, -0.05) is 26.7 Å². The summed E-state index contributed by atoms with van der Waals surface area (Å²) < 4.78 is 0. The number of amides is 1. The molecule has 0 radical (unpaired) electrons. The van der Waals surface area contributed by atoms with Crippen LogP contribution in [0.4, 0.5) is 0 Å². The van der Waals surface area contributed by atoms with Crippen LogP contribution in [0.15, 0.2) is 0 Å². The first kappa shape index (κ1) is 17.2. The minimum absolute atomic E-state index is 0.117. The van der Waals surface area contributed by atoms with Crippen molar-refractivity contribution in [3.8, 4) is 0 Å². The highest BCUT2D eigenvalue weighted by Gasteiger charge is 2.20. The molecule has 0 aromatic carbocycles. The van der Waals surface area contributed by atoms with Crippen molar-refractivity contribution in [2.75, 3.05) is 19.6 Å². The van der Waals surface area contributed by atoms with Gasteiger partial charge < -0.3 is 10.1 Å². The third kappa shape index (κ3) is 7.04. The number of hydrogen-bond acceptors (Lipinski definition) is 3. The highest BCUT2D eigenvalue weighted by Crippen LogP contribution is 2.14. The Bertz CT molecular complexity index is 297. The molecule has 1 amide bonds. The lowest BCUT2D eigenvalue weighted by atomic mass is 9.99. The highest BCUT2D eigenvalue weighted by atomic mass is 16.2. The largest absolute Gasteiger partial charge is 0.353 e. The molecule has 0 aromatic heterocycles. The third-order valence-corrected chi connectivity index (χ3v) is 4.02. The first-order valence-corrected chi connectivity index (χ1v) is 7.98. The van der Waals surface area contributed by atoms with Gasteiger partial charge in [-0.3, -0.25) is 9.69 Å². The fourth-order valence-corrected chi connectivity index (χ4v) is 2.68. The minimum atomic E-state index is 0.117. The number of aldehydes is 1. The summed E-state index contributed by atoms with van der Waals surface area (Å²) in [5.74, 6) is 1.05. The average Bonchev–Trinajstić information content (AvgIpc) is 2.38. The first-order chi connectivity index (χ1) is 9.51. The second-order valence-electron chi connectivity index (χ2n) is 6.54. The van der Waals surface area contributed by atoms with E-state index < -0.39 is 0 Å². The molecule has 4 nitrogen and oxygen atoms in total. The van der Waals surface area contributed by atoms with Gasteiger partial charge >= 0.3 is 0 Å². The molecule has 0 aliphatic carbocycles. The van der Waals surface area contributed by atoms with Crippen LogP contribution in [0.5, 0.6) is 0 Å². The number of piperidine rings is 1. The van der Waals surface area contributed by atoms with Crippen molar-refractivity contribution in [3.63, 3.8) is 0 Å². The van der Waals surface area contributed by atoms with E-state index in [0.29, 0.717) is 6.54 Å². The summed E-state index contributed by atoms with van der Waals surface area (Å²) in [6.45, 7) is 8.73. The zero-order chi connectivity index (χ0) is 15.0. The number of nitrogens with one attached hydrogen (secondary N) is 1. The lowest BCUT2D eigenvalue weighted by Crippen LogP contribution is -2.44. The molecule has 1 aliphatic heterocycles. The van der Waals surface area contributed by atoms with Gasteiger partial charge in [-0.2, -0.15) is 0 Å². The van der Waals surface area contributed by atoms with Gasteiger partial charge in [0.2, 0.25) is 5.91 Å². The zero-order valence-corrected chi connectivity index (χ0v) is 13.2. The summed E-state index contributed by atoms with van der Waals surface area (Å²) >= 11 is 0. The van der Waals surface area contributed by atoms with Gasteiger partial charge in [-0.05, 0) is 45.2 Å². The fourth-order valence-electron chi connectivity index (χ4n) is 2.68. The van der Waals surface area contributed by atoms with Crippen molar-refractivity contribution in [3.05, 3.63) is 0 Å². The molecular weight excluding hydrogens is 252 g/mol. The predicted octanol–water partition coefficient (Wildman–Crippen LogP) is 2.23. The van der Waals surface area contributed by atoms with Crippen molar-refractivity contribution < 1.29 is 9.59 Å². The normalized spacial score (nSPS) is 19.0. The lowest BCUT2D eigenvalue weighted by molar-refractivity contribution is -0.123. The quantitative estimate of drug-likeness (QED) is 0.695. The molecule has 1 rings (SSSR count). The number of carbonyl (C=O) groups excluding carboxylic acids is 2. The Labute approximate surface area is 123 Å². The molecule has 1 N–H and O–H groups in total. The molecule has 1 unspecified atom stereocenters. The number of hydrogen-bond donors (Lipinski definition) is 1. The molecule has 4 heteroatoms. The fraction of sp³-hybridized carbons (Fsp3) is 0.875. The van der Waals surface area contributed by atoms with Crippen LogP contribution >= 0.6 is 0 Å². The topological polar surface area (TPSA) is 49.4 Å². The van der Waals surface area contributed by atoms with Crippen LogP contribution in [0.1, 0.15) is 52.9 Å². The summed E-state index contributed by atoms with van der Waals surface area (Å²) in [7, 11) is 0. The van der Waals surface area contributed by atoms with Crippen LogP contribution in [0, 0.1) is 11.8 Å². The van der Waals surface area contributed by atoms with Gasteiger partial charge in [-0.15, -0.1) is 0 Å². The van der Waals surface area contributed by atoms with Crippen LogP contribution in [0.3, 0.4) is 0 Å². The van der Waals surface area contributed by atoms with E-state index in [1.54, 1.807) is 0 Å². The molecule has 1 fully saturated rings. The SMILES string of the molecule is CC(C)CCCC(C)NC(=O)CN1CCC(C=O)CC1. The number of nitrogens with zero attached hydrogens (tertiary/aromatic N) is 1. The van der Waals surface area contributed by atoms with E-state index in [9.17, 15) is 9.59 Å². The Morgan fingerprint density at radius 2 is 1.90 bits per heavy atom. The van der Waals surface area contributed by atoms with E-state index in [-0.39, 0.29) is 17.9 Å². The van der Waals surface area contributed by atoms with Crippen LogP contribution in [0.2, 0.25) is 0 Å². The third-order valence-electron chi connectivity index (χ3n) is 4.02. The molecule has 0 aromatic rings. The Morgan fingerprint density at radius 3 is 2.45 bits per heavy atom. The van der Waals surface area contributed by atoms with E-state index in [1.165, 1.54) is 12.8 Å². The standard InChI is InChI=1S/C16H30N2O2/c1-13(2)5-4-6-14(3)17-16(20)11-18-9-7-15(12-19)8-10-18/h12-15H,4-11H2,1-3H3,(H,17,20). The summed E-state index contributed by atoms with van der Waals surface area (Å²) in [4.78, 5) is 24.8. The lowest BCUT2D eigenvalue weighted by Gasteiger charge is -2.29. The van der Waals surface area contributed by atoms with E-state index >= 15 is 0 Å². The Kier molecular flexibility index (Phi) is 7.82. The molecule has 20 heavy (non-hydrogen) atoms. The maximum Gasteiger partial charge on any atom is 0.234 e. The molecule has 0 saturated carbocycles. The van der Waals surface area contributed by atoms with Crippen molar-refractivity contribution >= 4 is 12.2 Å². The monoisotopic (exact) mass is 282 g/mol. The van der Waals surface area contributed by atoms with Crippen LogP contribution in [-0.4, -0.2) is 42.8 Å². The summed E-state index contributed by atoms with van der Waals surface area (Å²) in [5.41, 5.74) is 0. The second-order valence-corrected chi connectivity index (χ2v) is 6.54. The van der Waals surface area contributed by atoms with E-state index in [0.717, 1.165) is 44.6 Å². The highest BCUT2D eigenvalue weighted by molar-refractivity contribution is 5.78. The molecule has 1 atom stereocenters. The maximum atomic E-state index is 11.9. The first-order valence-electron chi connectivity index (χ1n) is 7.98. The van der Waals surface area contributed by atoms with Gasteiger partial charge in [0.25, 0.3) is 0 Å². The Morgan fingerprint density at radius 1 is 1.25 bits per heavy atom. The molecule has 116 valence electrons. The predicted molar refractivity (Wildman–Crippen MR) is 81.5 cm³/mol. The van der Waals surface area contributed by atoms with Gasteiger partial charge in [0.1, 0.15) is 6.29 Å². The van der Waals surface area contributed by atoms with Crippen molar-refractivity contribution in [1.82, 2.24) is 10.2 Å². The summed E-state index contributed by atoms with van der Waals surface area (Å²) in [6.07, 6.45) is 6.27. The second kappa shape index (κ2) is 9.11. The van der Waals surface area contributed by atoms with Crippen molar-refractivity contribution in [1.29, 1.82) is 0 Å². The van der Waals surface area contributed by atoms with Crippen LogP contribution in [0.25, 0.3) is 0 Å². The Balaban J connectivity index is 2.15. The average molecular weight is 282 g/mol. The molecular formula is C16H30N2O2. The van der Waals surface area contributed by atoms with Gasteiger partial charge in [0.05, 0.1) is 6.54 Å². The number of rotatable bonds is 8. The van der Waals surface area contributed by atoms with E-state index in [1.807, 2.05) is 0 Å². The maximum absolute atomic E-state index is 11.9. The molecule has 1 saturated heterocycles. The summed E-state index contributed by atoms with van der Waals surface area (Å²) in [6, 6.07) is 0.258. The van der Waals surface area contributed by atoms with Crippen LogP contribution in [-0.2, 0) is 9.59 Å². The van der Waals surface area contributed by atoms with Gasteiger partial charge in [0.15, 0.2) is 0 Å². The smallest absolute Gasteiger partial charge is 0.234 e. The van der Waals surface area contributed by atoms with Crippen LogP contribution < -0.4 is 5.32 Å². The zero-order valence-electron chi connectivity index (χ0n) is 13.2. The van der Waals surface area contributed by atoms with E-state index in [2.05, 4.69) is 31.0 Å². The van der Waals surface area contributed by atoms with Gasteiger partial charge in [0, 0.05) is 12.0 Å². The Hall–Kier alpha value is -0.900. The molecule has 1 heterocycles. The number of carbonyl (C=O) groups is 2. The van der Waals surface area contributed by atoms with E-state index in [4.69, 9.17) is 0 Å². The molecule has 0 spiro atoms. The molecule has 1 aliphatic rings. The van der Waals surface area contributed by atoms with Gasteiger partial charge in [-0.25, -0.2) is 0 Å². The summed E-state index contributed by atoms with van der Waals surface area (Å²) in [5, 5.41) is 3.08. The van der Waals surface area contributed by atoms with Crippen molar-refractivity contribution in [2.45, 2.75) is 58.9 Å². The molecule has 0 bridgehead atoms.